The Morgan fingerprint density at radius 1 is 1.30 bits per heavy atom. The van der Waals surface area contributed by atoms with E-state index in [0.29, 0.717) is 23.0 Å². The van der Waals surface area contributed by atoms with Crippen LogP contribution in [0.2, 0.25) is 0 Å². The predicted octanol–water partition coefficient (Wildman–Crippen LogP) is 4.48. The van der Waals surface area contributed by atoms with Crippen LogP contribution in [0.5, 0.6) is 0 Å². The molecule has 1 aliphatic heterocycles. The molecular formula is C25H35N5O3. The average Bonchev–Trinajstić information content (AvgIpc) is 2.79. The molecule has 1 saturated heterocycles. The van der Waals surface area contributed by atoms with Crippen molar-refractivity contribution in [1.82, 2.24) is 4.98 Å². The third kappa shape index (κ3) is 5.82. The molecule has 3 rings (SSSR count). The Balaban J connectivity index is 2.08. The van der Waals surface area contributed by atoms with Crippen LogP contribution in [-0.2, 0) is 4.74 Å². The van der Waals surface area contributed by atoms with Crippen LogP contribution in [0.4, 0.5) is 22.9 Å². The quantitative estimate of drug-likeness (QED) is 0.481. The fraction of sp³-hybridized carbons (Fsp3) is 0.480. The molecular weight excluding hydrogens is 418 g/mol. The van der Waals surface area contributed by atoms with Crippen molar-refractivity contribution in [2.24, 2.45) is 11.8 Å². The minimum absolute atomic E-state index is 0.0319. The number of carboxylic acids is 1. The third-order valence-electron chi connectivity index (χ3n) is 6.05. The number of aromatic carboxylic acids is 1. The van der Waals surface area contributed by atoms with E-state index in [2.05, 4.69) is 15.2 Å². The van der Waals surface area contributed by atoms with E-state index >= 15 is 0 Å². The molecule has 0 saturated carbocycles. The lowest BCUT2D eigenvalue weighted by Crippen LogP contribution is -2.36. The Kier molecular flexibility index (Phi) is 7.92. The standard InChI is InChI=1S/C25H35N5O3/c1-16(2)23(26)22-21(30-11-9-17(10-12-30)15-33-5)14-20(25(31)32)28-24(22)27-18-7-6-8-19(13-18)29(3)4/h6-8,13-14,16-17,26H,9-12,15H2,1-5H3,(H,27,28)(H,31,32). The van der Waals surface area contributed by atoms with Crippen LogP contribution in [0, 0.1) is 17.2 Å². The van der Waals surface area contributed by atoms with Crippen LogP contribution in [0.1, 0.15) is 42.7 Å². The van der Waals surface area contributed by atoms with Gasteiger partial charge in [-0.2, -0.15) is 0 Å². The van der Waals surface area contributed by atoms with E-state index in [4.69, 9.17) is 10.1 Å². The molecule has 8 heteroatoms. The number of nitrogens with zero attached hydrogens (tertiary/aromatic N) is 3. The molecule has 1 aromatic carbocycles. The monoisotopic (exact) mass is 453 g/mol. The van der Waals surface area contributed by atoms with Crippen molar-refractivity contribution in [1.29, 1.82) is 5.41 Å². The van der Waals surface area contributed by atoms with E-state index in [9.17, 15) is 9.90 Å². The maximum absolute atomic E-state index is 12.0. The molecule has 0 unspecified atom stereocenters. The number of methoxy groups -OCH3 is 1. The molecule has 0 amide bonds. The van der Waals surface area contributed by atoms with Crippen molar-refractivity contribution >= 4 is 34.6 Å². The van der Waals surface area contributed by atoms with E-state index in [1.807, 2.05) is 57.1 Å². The van der Waals surface area contributed by atoms with Gasteiger partial charge in [0, 0.05) is 58.0 Å². The van der Waals surface area contributed by atoms with E-state index in [-0.39, 0.29) is 11.6 Å². The molecule has 0 aliphatic carbocycles. The molecule has 2 aromatic rings. The number of aromatic nitrogens is 1. The van der Waals surface area contributed by atoms with Crippen molar-refractivity contribution in [3.8, 4) is 0 Å². The molecule has 0 bridgehead atoms. The molecule has 178 valence electrons. The number of nitrogens with one attached hydrogen (secondary N) is 2. The van der Waals surface area contributed by atoms with Crippen molar-refractivity contribution < 1.29 is 14.6 Å². The minimum atomic E-state index is -1.08. The fourth-order valence-electron chi connectivity index (χ4n) is 4.11. The first kappa shape index (κ1) is 24.5. The lowest BCUT2D eigenvalue weighted by Gasteiger charge is -2.35. The van der Waals surface area contributed by atoms with Crippen LogP contribution in [0.3, 0.4) is 0 Å². The highest BCUT2D eigenvalue weighted by molar-refractivity contribution is 6.09. The molecule has 1 aliphatic rings. The SMILES string of the molecule is COCC1CCN(c2cc(C(=O)O)nc(Nc3cccc(N(C)C)c3)c2C(=N)C(C)C)CC1. The third-order valence-corrected chi connectivity index (χ3v) is 6.05. The summed E-state index contributed by atoms with van der Waals surface area (Å²) in [5.41, 5.74) is 3.61. The minimum Gasteiger partial charge on any atom is -0.477 e. The molecule has 33 heavy (non-hydrogen) atoms. The molecule has 8 nitrogen and oxygen atoms in total. The second-order valence-corrected chi connectivity index (χ2v) is 9.08. The number of carboxylic acid groups (broad SMARTS) is 1. The smallest absolute Gasteiger partial charge is 0.354 e. The van der Waals surface area contributed by atoms with Gasteiger partial charge in [0.15, 0.2) is 5.69 Å². The Morgan fingerprint density at radius 2 is 2.00 bits per heavy atom. The predicted molar refractivity (Wildman–Crippen MR) is 134 cm³/mol. The van der Waals surface area contributed by atoms with Gasteiger partial charge in [-0.3, -0.25) is 0 Å². The Morgan fingerprint density at radius 3 is 2.58 bits per heavy atom. The number of anilines is 4. The van der Waals surface area contributed by atoms with Gasteiger partial charge in [0.25, 0.3) is 0 Å². The number of hydrogen-bond donors (Lipinski definition) is 3. The van der Waals surface area contributed by atoms with Gasteiger partial charge in [0.2, 0.25) is 0 Å². The molecule has 0 spiro atoms. The fourth-order valence-corrected chi connectivity index (χ4v) is 4.11. The summed E-state index contributed by atoms with van der Waals surface area (Å²) >= 11 is 0. The van der Waals surface area contributed by atoms with Gasteiger partial charge in [-0.05, 0) is 48.9 Å². The summed E-state index contributed by atoms with van der Waals surface area (Å²) in [7, 11) is 5.65. The number of benzene rings is 1. The van der Waals surface area contributed by atoms with Crippen LogP contribution >= 0.6 is 0 Å². The van der Waals surface area contributed by atoms with Crippen LogP contribution < -0.4 is 15.1 Å². The summed E-state index contributed by atoms with van der Waals surface area (Å²) in [5, 5.41) is 22.0. The zero-order chi connectivity index (χ0) is 24.1. The number of carbonyl (C=O) groups is 1. The number of rotatable bonds is 9. The van der Waals surface area contributed by atoms with E-state index in [1.54, 1.807) is 13.2 Å². The molecule has 0 atom stereocenters. The summed E-state index contributed by atoms with van der Waals surface area (Å²) < 4.78 is 5.32. The maximum atomic E-state index is 12.0. The van der Waals surface area contributed by atoms with Crippen molar-refractivity contribution in [3.63, 3.8) is 0 Å². The lowest BCUT2D eigenvalue weighted by molar-refractivity contribution is 0.0690. The Labute approximate surface area is 196 Å². The van der Waals surface area contributed by atoms with Crippen molar-refractivity contribution in [2.45, 2.75) is 26.7 Å². The van der Waals surface area contributed by atoms with E-state index in [1.165, 1.54) is 0 Å². The zero-order valence-corrected chi connectivity index (χ0v) is 20.2. The number of piperidine rings is 1. The highest BCUT2D eigenvalue weighted by Gasteiger charge is 2.27. The normalized spacial score (nSPS) is 14.4. The second-order valence-electron chi connectivity index (χ2n) is 9.08. The molecule has 2 heterocycles. The van der Waals surface area contributed by atoms with Crippen molar-refractivity contribution in [3.05, 3.63) is 41.6 Å². The van der Waals surface area contributed by atoms with Gasteiger partial charge >= 0.3 is 5.97 Å². The molecule has 3 N–H and O–H groups in total. The summed E-state index contributed by atoms with van der Waals surface area (Å²) in [6, 6.07) is 9.45. The first-order valence-corrected chi connectivity index (χ1v) is 11.4. The summed E-state index contributed by atoms with van der Waals surface area (Å²) in [6.07, 6.45) is 1.92. The Hall–Kier alpha value is -3.13. The Bertz CT molecular complexity index is 998. The first-order chi connectivity index (χ1) is 15.7. The first-order valence-electron chi connectivity index (χ1n) is 11.4. The summed E-state index contributed by atoms with van der Waals surface area (Å²) in [5.74, 6) is -0.232. The van der Waals surface area contributed by atoms with Crippen molar-refractivity contribution in [2.75, 3.05) is 56.0 Å². The van der Waals surface area contributed by atoms with Gasteiger partial charge in [0.1, 0.15) is 5.82 Å². The zero-order valence-electron chi connectivity index (χ0n) is 20.2. The largest absolute Gasteiger partial charge is 0.477 e. The summed E-state index contributed by atoms with van der Waals surface area (Å²) in [4.78, 5) is 20.6. The average molecular weight is 454 g/mol. The molecule has 1 fully saturated rings. The number of pyridine rings is 1. The van der Waals surface area contributed by atoms with Crippen LogP contribution in [0.15, 0.2) is 30.3 Å². The van der Waals surface area contributed by atoms with E-state index in [0.717, 1.165) is 49.6 Å². The number of hydrogen-bond acceptors (Lipinski definition) is 7. The molecule has 1 aromatic heterocycles. The van der Waals surface area contributed by atoms with Gasteiger partial charge in [0.05, 0.1) is 11.3 Å². The topological polar surface area (TPSA) is 102 Å². The lowest BCUT2D eigenvalue weighted by atomic mass is 9.94. The summed E-state index contributed by atoms with van der Waals surface area (Å²) in [6.45, 7) is 6.24. The van der Waals surface area contributed by atoms with E-state index < -0.39 is 5.97 Å². The highest BCUT2D eigenvalue weighted by atomic mass is 16.5. The van der Waals surface area contributed by atoms with Gasteiger partial charge in [-0.25, -0.2) is 9.78 Å². The van der Waals surface area contributed by atoms with Crippen LogP contribution in [-0.4, -0.2) is 62.7 Å². The highest BCUT2D eigenvalue weighted by Crippen LogP contribution is 2.34. The molecule has 0 radical (unpaired) electrons. The van der Waals surface area contributed by atoms with Crippen LogP contribution in [0.25, 0.3) is 0 Å². The second kappa shape index (κ2) is 10.7. The van der Waals surface area contributed by atoms with Gasteiger partial charge < -0.3 is 30.4 Å². The van der Waals surface area contributed by atoms with Gasteiger partial charge in [-0.15, -0.1) is 0 Å². The number of ether oxygens (including phenoxy) is 1. The van der Waals surface area contributed by atoms with Gasteiger partial charge in [-0.1, -0.05) is 19.9 Å². The maximum Gasteiger partial charge on any atom is 0.354 e.